The summed E-state index contributed by atoms with van der Waals surface area (Å²) in [7, 11) is 0. The standard InChI is InChI=1S/C16H21N3OS/c1-4-5-8-17-14(20)10-21-15-7-6-13-11(2)9-12(3)18-16(13)19-15/h6-7,9H,4-5,8,10H2,1-3H3,(H,17,20). The maximum absolute atomic E-state index is 11.7. The van der Waals surface area contributed by atoms with E-state index >= 15 is 0 Å². The number of thioether (sulfide) groups is 1. The van der Waals surface area contributed by atoms with Crippen LogP contribution >= 0.6 is 11.8 Å². The van der Waals surface area contributed by atoms with Gasteiger partial charge in [-0.25, -0.2) is 9.97 Å². The fraction of sp³-hybridized carbons (Fsp3) is 0.438. The normalized spacial score (nSPS) is 10.8. The first-order valence-corrected chi connectivity index (χ1v) is 8.23. The third-order valence-electron chi connectivity index (χ3n) is 3.19. The predicted octanol–water partition coefficient (Wildman–Crippen LogP) is 3.26. The Morgan fingerprint density at radius 2 is 2.10 bits per heavy atom. The van der Waals surface area contributed by atoms with Crippen molar-refractivity contribution in [3.05, 3.63) is 29.5 Å². The van der Waals surface area contributed by atoms with Crippen molar-refractivity contribution in [1.82, 2.24) is 15.3 Å². The molecule has 2 rings (SSSR count). The van der Waals surface area contributed by atoms with Gasteiger partial charge in [0, 0.05) is 17.6 Å². The molecular weight excluding hydrogens is 282 g/mol. The van der Waals surface area contributed by atoms with Crippen LogP contribution in [0.4, 0.5) is 0 Å². The van der Waals surface area contributed by atoms with Gasteiger partial charge < -0.3 is 5.32 Å². The van der Waals surface area contributed by atoms with Gasteiger partial charge in [0.25, 0.3) is 0 Å². The van der Waals surface area contributed by atoms with Gasteiger partial charge in [0.1, 0.15) is 0 Å². The van der Waals surface area contributed by atoms with Gasteiger partial charge in [-0.1, -0.05) is 25.1 Å². The molecule has 1 N–H and O–H groups in total. The molecule has 0 aliphatic carbocycles. The lowest BCUT2D eigenvalue weighted by Gasteiger charge is -2.06. The Hall–Kier alpha value is -1.62. The minimum absolute atomic E-state index is 0.0590. The second kappa shape index (κ2) is 7.41. The van der Waals surface area contributed by atoms with E-state index < -0.39 is 0 Å². The van der Waals surface area contributed by atoms with E-state index in [1.54, 1.807) is 0 Å². The van der Waals surface area contributed by atoms with Crippen molar-refractivity contribution in [3.63, 3.8) is 0 Å². The number of pyridine rings is 2. The van der Waals surface area contributed by atoms with E-state index in [1.807, 2.05) is 19.1 Å². The molecule has 0 bridgehead atoms. The maximum atomic E-state index is 11.7. The second-order valence-corrected chi connectivity index (χ2v) is 6.09. The summed E-state index contributed by atoms with van der Waals surface area (Å²) in [5.74, 6) is 0.455. The highest BCUT2D eigenvalue weighted by Crippen LogP contribution is 2.21. The van der Waals surface area contributed by atoms with Gasteiger partial charge in [-0.2, -0.15) is 0 Å². The Kier molecular flexibility index (Phi) is 5.56. The highest BCUT2D eigenvalue weighted by atomic mass is 32.2. The van der Waals surface area contributed by atoms with E-state index in [-0.39, 0.29) is 5.91 Å². The fourth-order valence-corrected chi connectivity index (χ4v) is 2.79. The number of rotatable bonds is 6. The lowest BCUT2D eigenvalue weighted by atomic mass is 10.1. The molecule has 2 aromatic rings. The molecule has 0 radical (unpaired) electrons. The van der Waals surface area contributed by atoms with Crippen molar-refractivity contribution < 1.29 is 4.79 Å². The number of nitrogens with one attached hydrogen (secondary N) is 1. The van der Waals surface area contributed by atoms with Crippen molar-refractivity contribution in [2.75, 3.05) is 12.3 Å². The molecule has 5 heteroatoms. The number of carbonyl (C=O) groups is 1. The van der Waals surface area contributed by atoms with Crippen LogP contribution in [-0.2, 0) is 4.79 Å². The Balaban J connectivity index is 2.01. The van der Waals surface area contributed by atoms with Gasteiger partial charge in [0.05, 0.1) is 10.8 Å². The van der Waals surface area contributed by atoms with Crippen LogP contribution < -0.4 is 5.32 Å². The summed E-state index contributed by atoms with van der Waals surface area (Å²) in [6.45, 7) is 6.89. The third-order valence-corrected chi connectivity index (χ3v) is 4.12. The number of unbranched alkanes of at least 4 members (excludes halogenated alkanes) is 1. The van der Waals surface area contributed by atoms with Crippen LogP contribution in [0.5, 0.6) is 0 Å². The molecule has 0 fully saturated rings. The predicted molar refractivity (Wildman–Crippen MR) is 87.7 cm³/mol. The van der Waals surface area contributed by atoms with E-state index in [2.05, 4.69) is 35.2 Å². The zero-order chi connectivity index (χ0) is 15.2. The molecule has 0 spiro atoms. The van der Waals surface area contributed by atoms with E-state index in [4.69, 9.17) is 0 Å². The van der Waals surface area contributed by atoms with Crippen molar-refractivity contribution in [2.45, 2.75) is 38.6 Å². The molecule has 0 aliphatic rings. The van der Waals surface area contributed by atoms with Gasteiger partial charge in [0.15, 0.2) is 5.65 Å². The second-order valence-electron chi connectivity index (χ2n) is 5.09. The first-order valence-electron chi connectivity index (χ1n) is 7.24. The summed E-state index contributed by atoms with van der Waals surface area (Å²) < 4.78 is 0. The average molecular weight is 303 g/mol. The monoisotopic (exact) mass is 303 g/mol. The summed E-state index contributed by atoms with van der Waals surface area (Å²) in [6, 6.07) is 6.04. The zero-order valence-corrected chi connectivity index (χ0v) is 13.6. The Labute approximate surface area is 129 Å². The number of hydrogen-bond donors (Lipinski definition) is 1. The first kappa shape index (κ1) is 15.8. The summed E-state index contributed by atoms with van der Waals surface area (Å²) in [5, 5.41) is 4.81. The van der Waals surface area contributed by atoms with E-state index in [1.165, 1.54) is 17.3 Å². The van der Waals surface area contributed by atoms with Crippen molar-refractivity contribution >= 4 is 28.7 Å². The zero-order valence-electron chi connectivity index (χ0n) is 12.8. The fourth-order valence-electron chi connectivity index (χ4n) is 2.09. The summed E-state index contributed by atoms with van der Waals surface area (Å²) in [5.41, 5.74) is 2.90. The Morgan fingerprint density at radius 1 is 1.29 bits per heavy atom. The molecule has 0 unspecified atom stereocenters. The number of carbonyl (C=O) groups excluding carboxylic acids is 1. The van der Waals surface area contributed by atoms with Crippen LogP contribution in [-0.4, -0.2) is 28.2 Å². The third kappa shape index (κ3) is 4.43. The molecule has 0 saturated heterocycles. The van der Waals surface area contributed by atoms with Crippen molar-refractivity contribution in [1.29, 1.82) is 0 Å². The number of nitrogens with zero attached hydrogens (tertiary/aromatic N) is 2. The minimum Gasteiger partial charge on any atom is -0.355 e. The van der Waals surface area contributed by atoms with Crippen LogP contribution in [0.1, 0.15) is 31.0 Å². The van der Waals surface area contributed by atoms with Gasteiger partial charge in [-0.3, -0.25) is 4.79 Å². The molecule has 2 aromatic heterocycles. The highest BCUT2D eigenvalue weighted by molar-refractivity contribution is 7.99. The number of amides is 1. The molecule has 0 saturated carbocycles. The summed E-state index contributed by atoms with van der Waals surface area (Å²) in [6.07, 6.45) is 2.11. The maximum Gasteiger partial charge on any atom is 0.230 e. The van der Waals surface area contributed by atoms with Crippen molar-refractivity contribution in [2.24, 2.45) is 0 Å². The largest absolute Gasteiger partial charge is 0.355 e. The Bertz CT molecular complexity index is 643. The molecule has 2 heterocycles. The summed E-state index contributed by atoms with van der Waals surface area (Å²) >= 11 is 1.45. The molecule has 0 aliphatic heterocycles. The van der Waals surface area contributed by atoms with Crippen LogP contribution in [0.25, 0.3) is 11.0 Å². The first-order chi connectivity index (χ1) is 10.1. The van der Waals surface area contributed by atoms with Gasteiger partial charge in [0.2, 0.25) is 5.91 Å². The van der Waals surface area contributed by atoms with Crippen LogP contribution in [0.15, 0.2) is 23.2 Å². The van der Waals surface area contributed by atoms with Crippen LogP contribution in [0.2, 0.25) is 0 Å². The SMILES string of the molecule is CCCCNC(=O)CSc1ccc2c(C)cc(C)nc2n1. The molecule has 0 aromatic carbocycles. The molecule has 21 heavy (non-hydrogen) atoms. The molecule has 112 valence electrons. The lowest BCUT2D eigenvalue weighted by Crippen LogP contribution is -2.26. The average Bonchev–Trinajstić information content (AvgIpc) is 2.45. The minimum atomic E-state index is 0.0590. The molecular formula is C16H21N3OS. The number of fused-ring (bicyclic) bond motifs is 1. The number of hydrogen-bond acceptors (Lipinski definition) is 4. The Morgan fingerprint density at radius 3 is 2.86 bits per heavy atom. The smallest absolute Gasteiger partial charge is 0.230 e. The highest BCUT2D eigenvalue weighted by Gasteiger charge is 2.06. The quantitative estimate of drug-likeness (QED) is 0.657. The van der Waals surface area contributed by atoms with Crippen LogP contribution in [0.3, 0.4) is 0 Å². The topological polar surface area (TPSA) is 54.9 Å². The molecule has 0 atom stereocenters. The van der Waals surface area contributed by atoms with Crippen molar-refractivity contribution in [3.8, 4) is 0 Å². The van der Waals surface area contributed by atoms with E-state index in [9.17, 15) is 4.79 Å². The van der Waals surface area contributed by atoms with E-state index in [0.29, 0.717) is 5.75 Å². The number of aryl methyl sites for hydroxylation is 2. The molecule has 1 amide bonds. The van der Waals surface area contributed by atoms with Gasteiger partial charge >= 0.3 is 0 Å². The van der Waals surface area contributed by atoms with Gasteiger partial charge in [-0.15, -0.1) is 0 Å². The lowest BCUT2D eigenvalue weighted by molar-refractivity contribution is -0.118. The van der Waals surface area contributed by atoms with Crippen LogP contribution in [0, 0.1) is 13.8 Å². The summed E-state index contributed by atoms with van der Waals surface area (Å²) in [4.78, 5) is 20.7. The van der Waals surface area contributed by atoms with Gasteiger partial charge in [-0.05, 0) is 44.0 Å². The number of aromatic nitrogens is 2. The molecule has 4 nitrogen and oxygen atoms in total. The van der Waals surface area contributed by atoms with E-state index in [0.717, 1.165) is 41.1 Å².